The Hall–Kier alpha value is -2.12. The minimum atomic E-state index is -1.10. The van der Waals surface area contributed by atoms with Crippen LogP contribution < -0.4 is 16.4 Å². The summed E-state index contributed by atoms with van der Waals surface area (Å²) < 4.78 is 0. The summed E-state index contributed by atoms with van der Waals surface area (Å²) in [5.74, 6) is -0.356. The van der Waals surface area contributed by atoms with Crippen molar-refractivity contribution in [3.05, 3.63) is 71.3 Å². The van der Waals surface area contributed by atoms with Crippen LogP contribution >= 0.6 is 24.8 Å². The molecule has 29 heavy (non-hydrogen) atoms. The predicted molar refractivity (Wildman–Crippen MR) is 122 cm³/mol. The normalized spacial score (nSPS) is 12.2. The number of nitrogens with zero attached hydrogens (tertiary/aromatic N) is 1. The number of hydrogen-bond acceptors (Lipinski definition) is 4. The Balaban J connectivity index is 0.00000392. The number of hydrogen-bond donors (Lipinski definition) is 3. The summed E-state index contributed by atoms with van der Waals surface area (Å²) in [5.41, 5.74) is 7.36. The van der Waals surface area contributed by atoms with E-state index in [1.165, 1.54) is 0 Å². The highest BCUT2D eigenvalue weighted by molar-refractivity contribution is 5.94. The molecule has 0 spiro atoms. The Morgan fingerprint density at radius 3 is 2.10 bits per heavy atom. The van der Waals surface area contributed by atoms with Crippen molar-refractivity contribution < 1.29 is 9.59 Å². The Morgan fingerprint density at radius 1 is 0.966 bits per heavy atom. The van der Waals surface area contributed by atoms with Crippen LogP contribution in [0.5, 0.6) is 0 Å². The third kappa shape index (κ3) is 8.03. The van der Waals surface area contributed by atoms with Gasteiger partial charge in [-0.2, -0.15) is 0 Å². The van der Waals surface area contributed by atoms with Crippen molar-refractivity contribution in [2.75, 3.05) is 27.2 Å². The van der Waals surface area contributed by atoms with Crippen molar-refractivity contribution in [2.24, 2.45) is 5.73 Å². The Bertz CT molecular complexity index is 766. The monoisotopic (exact) mass is 440 g/mol. The third-order valence-electron chi connectivity index (χ3n) is 4.36. The second-order valence-corrected chi connectivity index (χ2v) is 7.01. The Kier molecular flexibility index (Phi) is 11.5. The number of nitrogens with two attached hydrogens (primary N) is 1. The smallest absolute Gasteiger partial charge is 0.251 e. The van der Waals surface area contributed by atoms with Crippen LogP contribution in [0.1, 0.15) is 28.4 Å². The van der Waals surface area contributed by atoms with Crippen molar-refractivity contribution in [1.82, 2.24) is 15.5 Å². The maximum absolute atomic E-state index is 12.5. The lowest BCUT2D eigenvalue weighted by Gasteiger charge is -2.24. The van der Waals surface area contributed by atoms with Gasteiger partial charge in [0.05, 0.1) is 0 Å². The molecule has 2 amide bonds. The Morgan fingerprint density at radius 2 is 1.55 bits per heavy atom. The summed E-state index contributed by atoms with van der Waals surface area (Å²) in [6.45, 7) is 3.42. The molecule has 2 aromatic carbocycles. The molecule has 4 N–H and O–H groups in total. The lowest BCUT2D eigenvalue weighted by Crippen LogP contribution is -2.48. The van der Waals surface area contributed by atoms with Crippen molar-refractivity contribution in [3.63, 3.8) is 0 Å². The van der Waals surface area contributed by atoms with Gasteiger partial charge in [0.2, 0.25) is 5.91 Å². The second kappa shape index (κ2) is 12.4. The van der Waals surface area contributed by atoms with Crippen LogP contribution in [-0.2, 0) is 16.9 Å². The minimum absolute atomic E-state index is 0. The molecule has 0 aromatic heterocycles. The van der Waals surface area contributed by atoms with Gasteiger partial charge in [-0.3, -0.25) is 9.59 Å². The zero-order valence-electron chi connectivity index (χ0n) is 17.0. The van der Waals surface area contributed by atoms with Crippen LogP contribution in [0.15, 0.2) is 54.6 Å². The van der Waals surface area contributed by atoms with Gasteiger partial charge in [-0.15, -0.1) is 24.8 Å². The first kappa shape index (κ1) is 26.9. The van der Waals surface area contributed by atoms with E-state index in [1.807, 2.05) is 61.5 Å². The van der Waals surface area contributed by atoms with Gasteiger partial charge in [0.25, 0.3) is 5.91 Å². The van der Waals surface area contributed by atoms with E-state index >= 15 is 0 Å². The van der Waals surface area contributed by atoms with Gasteiger partial charge in [-0.25, -0.2) is 0 Å². The van der Waals surface area contributed by atoms with Gasteiger partial charge >= 0.3 is 0 Å². The van der Waals surface area contributed by atoms with Gasteiger partial charge in [-0.1, -0.05) is 42.5 Å². The quantitative estimate of drug-likeness (QED) is 0.587. The number of carbonyl (C=O) groups is 2. The van der Waals surface area contributed by atoms with Crippen LogP contribution in [0.4, 0.5) is 0 Å². The van der Waals surface area contributed by atoms with E-state index in [2.05, 4.69) is 10.6 Å². The van der Waals surface area contributed by atoms with E-state index in [4.69, 9.17) is 5.73 Å². The highest BCUT2D eigenvalue weighted by atomic mass is 35.5. The van der Waals surface area contributed by atoms with Crippen LogP contribution in [0.3, 0.4) is 0 Å². The average Bonchev–Trinajstić information content (AvgIpc) is 2.66. The van der Waals surface area contributed by atoms with Crippen molar-refractivity contribution >= 4 is 36.6 Å². The molecule has 0 heterocycles. The molecule has 1 unspecified atom stereocenters. The maximum atomic E-state index is 12.5. The van der Waals surface area contributed by atoms with Crippen molar-refractivity contribution in [1.29, 1.82) is 0 Å². The highest BCUT2D eigenvalue weighted by Crippen LogP contribution is 2.17. The first-order chi connectivity index (χ1) is 12.8. The summed E-state index contributed by atoms with van der Waals surface area (Å²) >= 11 is 0. The Labute approximate surface area is 185 Å². The molecule has 6 nitrogen and oxygen atoms in total. The fourth-order valence-corrected chi connectivity index (χ4v) is 2.55. The molecule has 0 saturated heterocycles. The summed E-state index contributed by atoms with van der Waals surface area (Å²) in [6, 6.07) is 16.4. The maximum Gasteiger partial charge on any atom is 0.251 e. The lowest BCUT2D eigenvalue weighted by atomic mass is 9.92. The van der Waals surface area contributed by atoms with E-state index in [0.29, 0.717) is 18.7 Å². The van der Waals surface area contributed by atoms with Gasteiger partial charge in [0, 0.05) is 25.2 Å². The standard InChI is InChI=1S/C21H28N4O2.2ClH/c1-21(22,18-7-5-4-6-8-18)20(27)24-15-16-9-11-17(12-10-16)19(26)23-13-14-25(2)3;;/h4-12H,13-15,22H2,1-3H3,(H,23,26)(H,24,27);2*1H. The van der Waals surface area contributed by atoms with Gasteiger partial charge in [-0.05, 0) is 44.3 Å². The summed E-state index contributed by atoms with van der Waals surface area (Å²) in [5, 5.41) is 5.73. The molecule has 1 atom stereocenters. The number of rotatable bonds is 8. The molecule has 8 heteroatoms. The first-order valence-corrected chi connectivity index (χ1v) is 8.95. The van der Waals surface area contributed by atoms with Gasteiger partial charge in [0.15, 0.2) is 0 Å². The number of halogens is 2. The fraction of sp³-hybridized carbons (Fsp3) is 0.333. The summed E-state index contributed by atoms with van der Waals surface area (Å²) in [7, 11) is 3.92. The van der Waals surface area contributed by atoms with Gasteiger partial charge in [0.1, 0.15) is 5.54 Å². The van der Waals surface area contributed by atoms with E-state index < -0.39 is 5.54 Å². The first-order valence-electron chi connectivity index (χ1n) is 8.95. The highest BCUT2D eigenvalue weighted by Gasteiger charge is 2.29. The van der Waals surface area contributed by atoms with E-state index in [1.54, 1.807) is 19.1 Å². The molecule has 2 rings (SSSR count). The van der Waals surface area contributed by atoms with Crippen molar-refractivity contribution in [2.45, 2.75) is 19.0 Å². The molecular formula is C21H30Cl2N4O2. The lowest BCUT2D eigenvalue weighted by molar-refractivity contribution is -0.126. The molecule has 0 aliphatic rings. The predicted octanol–water partition coefficient (Wildman–Crippen LogP) is 2.31. The number of amides is 2. The molecule has 0 radical (unpaired) electrons. The molecule has 0 aliphatic carbocycles. The molecule has 2 aromatic rings. The fourth-order valence-electron chi connectivity index (χ4n) is 2.55. The van der Waals surface area contributed by atoms with E-state index in [-0.39, 0.29) is 36.6 Å². The minimum Gasteiger partial charge on any atom is -0.351 e. The largest absolute Gasteiger partial charge is 0.351 e. The average molecular weight is 441 g/mol. The van der Waals surface area contributed by atoms with E-state index in [0.717, 1.165) is 17.7 Å². The molecule has 0 fully saturated rings. The topological polar surface area (TPSA) is 87.5 Å². The summed E-state index contributed by atoms with van der Waals surface area (Å²) in [4.78, 5) is 26.6. The zero-order valence-corrected chi connectivity index (χ0v) is 18.6. The van der Waals surface area contributed by atoms with Crippen LogP contribution in [0, 0.1) is 0 Å². The number of benzene rings is 2. The second-order valence-electron chi connectivity index (χ2n) is 7.01. The SMILES string of the molecule is CN(C)CCNC(=O)c1ccc(CNC(=O)C(C)(N)c2ccccc2)cc1.Cl.Cl. The third-order valence-corrected chi connectivity index (χ3v) is 4.36. The van der Waals surface area contributed by atoms with Crippen LogP contribution in [-0.4, -0.2) is 43.9 Å². The number of nitrogens with one attached hydrogen (secondary N) is 2. The molecule has 0 saturated carbocycles. The van der Waals surface area contributed by atoms with Gasteiger partial charge < -0.3 is 21.3 Å². The molecule has 160 valence electrons. The molecule has 0 bridgehead atoms. The van der Waals surface area contributed by atoms with Crippen LogP contribution in [0.2, 0.25) is 0 Å². The zero-order chi connectivity index (χ0) is 19.9. The van der Waals surface area contributed by atoms with E-state index in [9.17, 15) is 9.59 Å². The molecule has 0 aliphatic heterocycles. The molecular weight excluding hydrogens is 411 g/mol. The number of carbonyl (C=O) groups excluding carboxylic acids is 2. The summed E-state index contributed by atoms with van der Waals surface area (Å²) in [6.07, 6.45) is 0. The number of likely N-dealkylation sites (N-methyl/N-ethyl adjacent to an activating group) is 1. The van der Waals surface area contributed by atoms with Crippen LogP contribution in [0.25, 0.3) is 0 Å². The van der Waals surface area contributed by atoms with Crippen molar-refractivity contribution in [3.8, 4) is 0 Å².